The Balaban J connectivity index is 3.01. The van der Waals surface area contributed by atoms with Crippen LogP contribution in [-0.4, -0.2) is 24.9 Å². The van der Waals surface area contributed by atoms with Crippen molar-refractivity contribution in [2.45, 2.75) is 26.8 Å². The van der Waals surface area contributed by atoms with E-state index in [4.69, 9.17) is 5.73 Å². The highest BCUT2D eigenvalue weighted by Crippen LogP contribution is 2.18. The molecular weight excluding hydrogens is 242 g/mol. The van der Waals surface area contributed by atoms with E-state index in [1.807, 2.05) is 13.0 Å². The van der Waals surface area contributed by atoms with Crippen molar-refractivity contribution in [3.8, 4) is 0 Å². The van der Waals surface area contributed by atoms with Crippen LogP contribution in [-0.2, 0) is 4.79 Å². The van der Waals surface area contributed by atoms with E-state index in [9.17, 15) is 9.59 Å². The maximum Gasteiger partial charge on any atom is 0.253 e. The van der Waals surface area contributed by atoms with Crippen molar-refractivity contribution in [1.29, 1.82) is 0 Å². The van der Waals surface area contributed by atoms with E-state index in [1.165, 1.54) is 0 Å². The molecule has 0 saturated heterocycles. The molecule has 0 saturated carbocycles. The van der Waals surface area contributed by atoms with Gasteiger partial charge in [0, 0.05) is 13.1 Å². The van der Waals surface area contributed by atoms with Crippen LogP contribution in [0.15, 0.2) is 18.2 Å². The van der Waals surface area contributed by atoms with Crippen molar-refractivity contribution in [3.63, 3.8) is 0 Å². The predicted octanol–water partition coefficient (Wildman–Crippen LogP) is 1.28. The zero-order valence-corrected chi connectivity index (χ0v) is 11.8. The monoisotopic (exact) mass is 263 g/mol. The van der Waals surface area contributed by atoms with E-state index < -0.39 is 0 Å². The van der Waals surface area contributed by atoms with Gasteiger partial charge in [-0.15, -0.1) is 0 Å². The Morgan fingerprint density at radius 1 is 1.26 bits per heavy atom. The number of carbonyl (C=O) groups excluding carboxylic acids is 2. The molecule has 1 aromatic carbocycles. The maximum absolute atomic E-state index is 12.0. The number of hydrogen-bond donors (Lipinski definition) is 3. The summed E-state index contributed by atoms with van der Waals surface area (Å²) in [5.74, 6) is -0.740. The lowest BCUT2D eigenvalue weighted by molar-refractivity contribution is -0.119. The smallest absolute Gasteiger partial charge is 0.253 e. The quantitative estimate of drug-likeness (QED) is 0.765. The van der Waals surface area contributed by atoms with Crippen molar-refractivity contribution in [3.05, 3.63) is 29.3 Å². The molecule has 5 heteroatoms. The summed E-state index contributed by atoms with van der Waals surface area (Å²) < 4.78 is 0. The van der Waals surface area contributed by atoms with Crippen LogP contribution in [0, 0.1) is 12.8 Å². The molecule has 0 aliphatic rings. The second kappa shape index (κ2) is 6.33. The fourth-order valence-electron chi connectivity index (χ4n) is 1.57. The fraction of sp³-hybridized carbons (Fsp3) is 0.429. The Morgan fingerprint density at radius 2 is 1.89 bits per heavy atom. The van der Waals surface area contributed by atoms with E-state index >= 15 is 0 Å². The molecule has 0 fully saturated rings. The third-order valence-corrected chi connectivity index (χ3v) is 3.11. The highest BCUT2D eigenvalue weighted by Gasteiger charge is 2.19. The SMILES string of the molecule is CNC(=O)c1cc(C)ccc1NC(=O)C(C)C(C)N. The topological polar surface area (TPSA) is 84.2 Å². The number of anilines is 1. The Labute approximate surface area is 113 Å². The Kier molecular flexibility index (Phi) is 5.06. The summed E-state index contributed by atoms with van der Waals surface area (Å²) in [6.07, 6.45) is 0. The Bertz CT molecular complexity index is 484. The summed E-state index contributed by atoms with van der Waals surface area (Å²) in [6, 6.07) is 5.07. The van der Waals surface area contributed by atoms with Crippen molar-refractivity contribution >= 4 is 17.5 Å². The van der Waals surface area contributed by atoms with E-state index in [0.29, 0.717) is 11.3 Å². The van der Waals surface area contributed by atoms with E-state index in [0.717, 1.165) is 5.56 Å². The molecule has 1 aromatic rings. The van der Waals surface area contributed by atoms with Gasteiger partial charge in [0.2, 0.25) is 5.91 Å². The van der Waals surface area contributed by atoms with E-state index in [2.05, 4.69) is 10.6 Å². The number of amides is 2. The summed E-state index contributed by atoms with van der Waals surface area (Å²) in [7, 11) is 1.56. The fourth-order valence-corrected chi connectivity index (χ4v) is 1.57. The van der Waals surface area contributed by atoms with Crippen molar-refractivity contribution in [1.82, 2.24) is 5.32 Å². The maximum atomic E-state index is 12.0. The Hall–Kier alpha value is -1.88. The number of rotatable bonds is 4. The first kappa shape index (κ1) is 15.2. The molecule has 0 bridgehead atoms. The van der Waals surface area contributed by atoms with Crippen molar-refractivity contribution in [2.75, 3.05) is 12.4 Å². The Morgan fingerprint density at radius 3 is 2.42 bits per heavy atom. The van der Waals surface area contributed by atoms with Crippen LogP contribution < -0.4 is 16.4 Å². The number of nitrogens with one attached hydrogen (secondary N) is 2. The highest BCUT2D eigenvalue weighted by atomic mass is 16.2. The highest BCUT2D eigenvalue weighted by molar-refractivity contribution is 6.04. The normalized spacial score (nSPS) is 13.5. The molecule has 0 aliphatic heterocycles. The molecule has 2 atom stereocenters. The zero-order chi connectivity index (χ0) is 14.6. The zero-order valence-electron chi connectivity index (χ0n) is 11.8. The largest absolute Gasteiger partial charge is 0.355 e. The molecule has 2 unspecified atom stereocenters. The molecule has 0 spiro atoms. The van der Waals surface area contributed by atoms with Gasteiger partial charge in [0.05, 0.1) is 17.2 Å². The summed E-state index contributed by atoms with van der Waals surface area (Å²) in [6.45, 7) is 5.43. The minimum atomic E-state index is -0.321. The first-order valence-corrected chi connectivity index (χ1v) is 6.26. The molecular formula is C14H21N3O2. The van der Waals surface area contributed by atoms with Gasteiger partial charge in [0.1, 0.15) is 0 Å². The summed E-state index contributed by atoms with van der Waals surface area (Å²) in [5.41, 5.74) is 7.61. The third-order valence-electron chi connectivity index (χ3n) is 3.11. The van der Waals surface area contributed by atoms with Crippen LogP contribution in [0.2, 0.25) is 0 Å². The number of aryl methyl sites for hydroxylation is 1. The first-order valence-electron chi connectivity index (χ1n) is 6.26. The van der Waals surface area contributed by atoms with Gasteiger partial charge in [-0.1, -0.05) is 18.6 Å². The van der Waals surface area contributed by atoms with Crippen LogP contribution in [0.4, 0.5) is 5.69 Å². The lowest BCUT2D eigenvalue weighted by Gasteiger charge is -2.17. The predicted molar refractivity (Wildman–Crippen MR) is 76.0 cm³/mol. The molecule has 5 nitrogen and oxygen atoms in total. The van der Waals surface area contributed by atoms with Crippen LogP contribution in [0.1, 0.15) is 29.8 Å². The summed E-state index contributed by atoms with van der Waals surface area (Å²) in [4.78, 5) is 23.8. The number of hydrogen-bond acceptors (Lipinski definition) is 3. The molecule has 0 radical (unpaired) electrons. The minimum absolute atomic E-state index is 0.191. The average Bonchev–Trinajstić information content (AvgIpc) is 2.38. The van der Waals surface area contributed by atoms with Gasteiger partial charge in [-0.05, 0) is 26.0 Å². The summed E-state index contributed by atoms with van der Waals surface area (Å²) >= 11 is 0. The number of benzene rings is 1. The molecule has 4 N–H and O–H groups in total. The van der Waals surface area contributed by atoms with Gasteiger partial charge < -0.3 is 16.4 Å². The molecule has 0 heterocycles. The number of nitrogens with two attached hydrogens (primary N) is 1. The molecule has 2 amide bonds. The van der Waals surface area contributed by atoms with Gasteiger partial charge in [-0.3, -0.25) is 9.59 Å². The van der Waals surface area contributed by atoms with Gasteiger partial charge in [-0.25, -0.2) is 0 Å². The molecule has 104 valence electrons. The molecule has 0 aromatic heterocycles. The van der Waals surface area contributed by atoms with Crippen LogP contribution in [0.25, 0.3) is 0 Å². The first-order chi connectivity index (χ1) is 8.86. The third kappa shape index (κ3) is 3.79. The standard InChI is InChI=1S/C14H21N3O2/c1-8-5-6-12(11(7-8)14(19)16-4)17-13(18)9(2)10(3)15/h5-7,9-10H,15H2,1-4H3,(H,16,19)(H,17,18). The van der Waals surface area contributed by atoms with Crippen molar-refractivity contribution < 1.29 is 9.59 Å². The van der Waals surface area contributed by atoms with E-state index in [-0.39, 0.29) is 23.8 Å². The van der Waals surface area contributed by atoms with Crippen LogP contribution in [0.3, 0.4) is 0 Å². The van der Waals surface area contributed by atoms with Gasteiger partial charge in [-0.2, -0.15) is 0 Å². The second-order valence-corrected chi connectivity index (χ2v) is 4.77. The second-order valence-electron chi connectivity index (χ2n) is 4.77. The van der Waals surface area contributed by atoms with E-state index in [1.54, 1.807) is 33.0 Å². The number of carbonyl (C=O) groups is 2. The van der Waals surface area contributed by atoms with Gasteiger partial charge in [0.25, 0.3) is 5.91 Å². The van der Waals surface area contributed by atoms with Crippen molar-refractivity contribution in [2.24, 2.45) is 11.7 Å². The van der Waals surface area contributed by atoms with Gasteiger partial charge >= 0.3 is 0 Å². The molecule has 1 rings (SSSR count). The average molecular weight is 263 g/mol. The molecule has 0 aliphatic carbocycles. The molecule has 19 heavy (non-hydrogen) atoms. The lowest BCUT2D eigenvalue weighted by Crippen LogP contribution is -2.35. The van der Waals surface area contributed by atoms with Gasteiger partial charge in [0.15, 0.2) is 0 Å². The van der Waals surface area contributed by atoms with Crippen LogP contribution in [0.5, 0.6) is 0 Å². The van der Waals surface area contributed by atoms with Crippen LogP contribution >= 0.6 is 0 Å². The summed E-state index contributed by atoms with van der Waals surface area (Å²) in [5, 5.41) is 5.31. The minimum Gasteiger partial charge on any atom is -0.355 e. The lowest BCUT2D eigenvalue weighted by atomic mass is 10.0.